The number of nitrogens with zero attached hydrogens (tertiary/aromatic N) is 3. The Bertz CT molecular complexity index is 714. The maximum atomic E-state index is 10.7. The Balaban J connectivity index is 2.28. The van der Waals surface area contributed by atoms with Gasteiger partial charge in [-0.1, -0.05) is 0 Å². The lowest BCUT2D eigenvalue weighted by molar-refractivity contribution is -0.385. The molecule has 0 amide bonds. The number of non-ortho nitro benzene ring substituents is 2. The maximum absolute atomic E-state index is 10.7. The van der Waals surface area contributed by atoms with Gasteiger partial charge in [0.1, 0.15) is 5.69 Å². The summed E-state index contributed by atoms with van der Waals surface area (Å²) in [5.41, 5.74) is 0.309. The van der Waals surface area contributed by atoms with Crippen LogP contribution in [0.5, 0.6) is 0 Å². The van der Waals surface area contributed by atoms with Gasteiger partial charge in [0.05, 0.1) is 15.5 Å². The first-order valence-corrected chi connectivity index (χ1v) is 5.64. The van der Waals surface area contributed by atoms with Crippen molar-refractivity contribution in [1.82, 2.24) is 0 Å². The van der Waals surface area contributed by atoms with Crippen LogP contribution in [-0.2, 0) is 0 Å². The van der Waals surface area contributed by atoms with Gasteiger partial charge in [-0.05, 0) is 23.4 Å². The first-order chi connectivity index (χ1) is 10.0. The van der Waals surface area contributed by atoms with Crippen molar-refractivity contribution in [2.24, 2.45) is 5.18 Å². The van der Waals surface area contributed by atoms with Gasteiger partial charge in [-0.15, -0.1) is 4.91 Å². The van der Waals surface area contributed by atoms with E-state index in [1.165, 1.54) is 36.4 Å². The molecule has 0 saturated heterocycles. The summed E-state index contributed by atoms with van der Waals surface area (Å²) < 4.78 is 0. The van der Waals surface area contributed by atoms with E-state index in [9.17, 15) is 25.1 Å². The van der Waals surface area contributed by atoms with Crippen LogP contribution in [0.4, 0.5) is 28.4 Å². The fourth-order valence-electron chi connectivity index (χ4n) is 1.64. The molecular formula is C12H8N4O5. The van der Waals surface area contributed by atoms with Crippen molar-refractivity contribution < 1.29 is 9.85 Å². The average Bonchev–Trinajstić information content (AvgIpc) is 2.48. The molecule has 9 nitrogen and oxygen atoms in total. The van der Waals surface area contributed by atoms with Gasteiger partial charge >= 0.3 is 0 Å². The molecule has 0 unspecified atom stereocenters. The molecule has 0 aliphatic rings. The standard InChI is InChI=1S/C12H8N4O5/c17-14-12-7-10(16(20)21)5-6-11(12)13-8-1-3-9(4-2-8)15(18)19/h1-7,13H. The van der Waals surface area contributed by atoms with Crippen molar-refractivity contribution in [2.45, 2.75) is 0 Å². The Labute approximate surface area is 117 Å². The summed E-state index contributed by atoms with van der Waals surface area (Å²) in [5.74, 6) is 0. The van der Waals surface area contributed by atoms with Crippen molar-refractivity contribution in [3.63, 3.8) is 0 Å². The molecule has 0 heterocycles. The second-order valence-corrected chi connectivity index (χ2v) is 3.98. The van der Waals surface area contributed by atoms with Gasteiger partial charge < -0.3 is 5.32 Å². The molecule has 0 bridgehead atoms. The van der Waals surface area contributed by atoms with Crippen molar-refractivity contribution >= 4 is 28.4 Å². The van der Waals surface area contributed by atoms with Gasteiger partial charge in [0.25, 0.3) is 11.4 Å². The summed E-state index contributed by atoms with van der Waals surface area (Å²) in [6.45, 7) is 0. The van der Waals surface area contributed by atoms with E-state index >= 15 is 0 Å². The Morgan fingerprint density at radius 3 is 2.00 bits per heavy atom. The topological polar surface area (TPSA) is 128 Å². The molecule has 2 rings (SSSR count). The smallest absolute Gasteiger partial charge is 0.271 e. The summed E-state index contributed by atoms with van der Waals surface area (Å²) in [7, 11) is 0. The van der Waals surface area contributed by atoms with Crippen LogP contribution in [0.1, 0.15) is 0 Å². The van der Waals surface area contributed by atoms with Gasteiger partial charge in [0.2, 0.25) is 0 Å². The molecule has 2 aromatic carbocycles. The maximum Gasteiger partial charge on any atom is 0.271 e. The molecule has 1 N–H and O–H groups in total. The molecular weight excluding hydrogens is 280 g/mol. The van der Waals surface area contributed by atoms with Gasteiger partial charge in [-0.2, -0.15) is 0 Å². The first-order valence-electron chi connectivity index (χ1n) is 5.64. The zero-order valence-electron chi connectivity index (χ0n) is 10.4. The lowest BCUT2D eigenvalue weighted by atomic mass is 10.2. The number of hydrogen-bond acceptors (Lipinski definition) is 7. The second-order valence-electron chi connectivity index (χ2n) is 3.98. The van der Waals surface area contributed by atoms with E-state index in [1.54, 1.807) is 0 Å². The highest BCUT2D eigenvalue weighted by molar-refractivity contribution is 5.74. The number of benzene rings is 2. The number of nitrogens with one attached hydrogen (secondary N) is 1. The predicted octanol–water partition coefficient (Wildman–Crippen LogP) is 3.64. The Morgan fingerprint density at radius 2 is 1.48 bits per heavy atom. The molecule has 2 aromatic rings. The van der Waals surface area contributed by atoms with E-state index < -0.39 is 9.85 Å². The van der Waals surface area contributed by atoms with Crippen LogP contribution in [0, 0.1) is 25.1 Å². The zero-order chi connectivity index (χ0) is 15.4. The average molecular weight is 288 g/mol. The fraction of sp³-hybridized carbons (Fsp3) is 0. The quantitative estimate of drug-likeness (QED) is 0.508. The molecule has 0 aromatic heterocycles. The lowest BCUT2D eigenvalue weighted by Crippen LogP contribution is -1.94. The van der Waals surface area contributed by atoms with Crippen molar-refractivity contribution in [3.05, 3.63) is 67.6 Å². The summed E-state index contributed by atoms with van der Waals surface area (Å²) in [4.78, 5) is 30.7. The zero-order valence-corrected chi connectivity index (χ0v) is 10.4. The number of nitro groups is 2. The third-order valence-corrected chi connectivity index (χ3v) is 2.65. The Kier molecular flexibility index (Phi) is 3.84. The Morgan fingerprint density at radius 1 is 0.905 bits per heavy atom. The molecule has 0 aliphatic heterocycles. The van der Waals surface area contributed by atoms with Crippen LogP contribution in [0.2, 0.25) is 0 Å². The van der Waals surface area contributed by atoms with E-state index in [2.05, 4.69) is 10.5 Å². The first kappa shape index (κ1) is 14.1. The number of hydrogen-bond donors (Lipinski definition) is 1. The number of anilines is 2. The van der Waals surface area contributed by atoms with Crippen LogP contribution in [-0.4, -0.2) is 9.85 Å². The highest BCUT2D eigenvalue weighted by Crippen LogP contribution is 2.32. The van der Waals surface area contributed by atoms with Crippen LogP contribution >= 0.6 is 0 Å². The van der Waals surface area contributed by atoms with Crippen molar-refractivity contribution in [3.8, 4) is 0 Å². The highest BCUT2D eigenvalue weighted by atomic mass is 16.6. The third kappa shape index (κ3) is 3.15. The molecule has 0 aliphatic carbocycles. The van der Waals surface area contributed by atoms with Gasteiger partial charge in [0, 0.05) is 30.0 Å². The van der Waals surface area contributed by atoms with Crippen LogP contribution < -0.4 is 5.32 Å². The largest absolute Gasteiger partial charge is 0.354 e. The van der Waals surface area contributed by atoms with Crippen LogP contribution in [0.15, 0.2) is 47.6 Å². The normalized spacial score (nSPS) is 9.90. The third-order valence-electron chi connectivity index (χ3n) is 2.65. The van der Waals surface area contributed by atoms with E-state index in [4.69, 9.17) is 0 Å². The number of rotatable bonds is 5. The SMILES string of the molecule is O=Nc1cc([N+](=O)[O-])ccc1Nc1ccc([N+](=O)[O-])cc1. The molecule has 0 spiro atoms. The summed E-state index contributed by atoms with van der Waals surface area (Å²) >= 11 is 0. The molecule has 21 heavy (non-hydrogen) atoms. The molecule has 0 fully saturated rings. The monoisotopic (exact) mass is 288 g/mol. The van der Waals surface area contributed by atoms with E-state index in [0.29, 0.717) is 5.69 Å². The minimum atomic E-state index is -0.635. The molecule has 9 heteroatoms. The van der Waals surface area contributed by atoms with E-state index in [1.807, 2.05) is 0 Å². The summed E-state index contributed by atoms with van der Waals surface area (Å²) in [5, 5.41) is 26.7. The molecule has 0 saturated carbocycles. The number of nitro benzene ring substituents is 2. The molecule has 0 radical (unpaired) electrons. The van der Waals surface area contributed by atoms with E-state index in [-0.39, 0.29) is 22.7 Å². The lowest BCUT2D eigenvalue weighted by Gasteiger charge is -2.07. The summed E-state index contributed by atoms with van der Waals surface area (Å²) in [6.07, 6.45) is 0. The van der Waals surface area contributed by atoms with Crippen molar-refractivity contribution in [2.75, 3.05) is 5.32 Å². The van der Waals surface area contributed by atoms with E-state index in [0.717, 1.165) is 6.07 Å². The molecule has 106 valence electrons. The van der Waals surface area contributed by atoms with Crippen LogP contribution in [0.25, 0.3) is 0 Å². The Hall–Kier alpha value is -3.36. The summed E-state index contributed by atoms with van der Waals surface area (Å²) in [6, 6.07) is 9.10. The molecule has 0 atom stereocenters. The van der Waals surface area contributed by atoms with Crippen molar-refractivity contribution in [1.29, 1.82) is 0 Å². The van der Waals surface area contributed by atoms with Crippen LogP contribution in [0.3, 0.4) is 0 Å². The van der Waals surface area contributed by atoms with Gasteiger partial charge in [0.15, 0.2) is 0 Å². The second kappa shape index (κ2) is 5.74. The van der Waals surface area contributed by atoms with Gasteiger partial charge in [-0.3, -0.25) is 20.2 Å². The number of nitroso groups, excluding NO2 is 1. The minimum absolute atomic E-state index is 0.0713. The fourth-order valence-corrected chi connectivity index (χ4v) is 1.64. The predicted molar refractivity (Wildman–Crippen MR) is 74.9 cm³/mol. The highest BCUT2D eigenvalue weighted by Gasteiger charge is 2.12. The van der Waals surface area contributed by atoms with Gasteiger partial charge in [-0.25, -0.2) is 0 Å². The minimum Gasteiger partial charge on any atom is -0.354 e.